The van der Waals surface area contributed by atoms with Gasteiger partial charge in [0.25, 0.3) is 0 Å². The number of aromatic amines is 1. The van der Waals surface area contributed by atoms with Gasteiger partial charge in [0.2, 0.25) is 0 Å². The summed E-state index contributed by atoms with van der Waals surface area (Å²) in [6, 6.07) is 6.53. The highest BCUT2D eigenvalue weighted by molar-refractivity contribution is 5.70. The number of nitrogens with one attached hydrogen (secondary N) is 1. The lowest BCUT2D eigenvalue weighted by Gasteiger charge is -2.11. The van der Waals surface area contributed by atoms with Gasteiger partial charge in [0.15, 0.2) is 0 Å². The van der Waals surface area contributed by atoms with Gasteiger partial charge < -0.3 is 9.72 Å². The third kappa shape index (κ3) is 1.87. The number of benzene rings is 1. The van der Waals surface area contributed by atoms with E-state index in [9.17, 15) is 5.26 Å². The Labute approximate surface area is 118 Å². The van der Waals surface area contributed by atoms with E-state index in [0.29, 0.717) is 0 Å². The normalized spacial score (nSPS) is 15.7. The zero-order chi connectivity index (χ0) is 14.3. The quantitative estimate of drug-likeness (QED) is 0.928. The molecular weight excluding hydrogens is 250 g/mol. The van der Waals surface area contributed by atoms with Crippen molar-refractivity contribution < 1.29 is 4.74 Å². The number of ether oxygens (including phenoxy) is 1. The molecule has 1 aliphatic rings. The fourth-order valence-electron chi connectivity index (χ4n) is 2.65. The van der Waals surface area contributed by atoms with Gasteiger partial charge in [-0.3, -0.25) is 0 Å². The van der Waals surface area contributed by atoms with E-state index in [0.717, 1.165) is 41.2 Å². The van der Waals surface area contributed by atoms with Gasteiger partial charge in [0, 0.05) is 5.56 Å². The summed E-state index contributed by atoms with van der Waals surface area (Å²) < 4.78 is 5.51. The van der Waals surface area contributed by atoms with E-state index in [-0.39, 0.29) is 5.41 Å². The summed E-state index contributed by atoms with van der Waals surface area (Å²) in [4.78, 5) is 7.70. The SMILES string of the molecule is COc1c(C)cc(C)cc1-c1cnc(C2(C#N)CC2)[nH]1. The van der Waals surface area contributed by atoms with Crippen molar-refractivity contribution in [1.29, 1.82) is 5.26 Å². The molecule has 0 saturated heterocycles. The summed E-state index contributed by atoms with van der Waals surface area (Å²) in [5.41, 5.74) is 3.79. The van der Waals surface area contributed by atoms with Gasteiger partial charge in [-0.1, -0.05) is 6.07 Å². The van der Waals surface area contributed by atoms with Crippen LogP contribution in [0.4, 0.5) is 0 Å². The first kappa shape index (κ1) is 12.7. The fraction of sp³-hybridized carbons (Fsp3) is 0.375. The molecule has 4 nitrogen and oxygen atoms in total. The molecule has 0 aliphatic heterocycles. The van der Waals surface area contributed by atoms with Crippen LogP contribution in [0.25, 0.3) is 11.3 Å². The Kier molecular flexibility index (Phi) is 2.79. The van der Waals surface area contributed by atoms with E-state index >= 15 is 0 Å². The summed E-state index contributed by atoms with van der Waals surface area (Å²) in [7, 11) is 1.68. The highest BCUT2D eigenvalue weighted by atomic mass is 16.5. The Balaban J connectivity index is 2.08. The van der Waals surface area contributed by atoms with Crippen molar-refractivity contribution in [3.8, 4) is 23.1 Å². The zero-order valence-corrected chi connectivity index (χ0v) is 11.9. The molecule has 1 heterocycles. The molecule has 1 saturated carbocycles. The maximum Gasteiger partial charge on any atom is 0.131 e. The van der Waals surface area contributed by atoms with Crippen LogP contribution in [0.3, 0.4) is 0 Å². The Bertz CT molecular complexity index is 705. The lowest BCUT2D eigenvalue weighted by atomic mass is 10.0. The monoisotopic (exact) mass is 267 g/mol. The molecule has 0 spiro atoms. The van der Waals surface area contributed by atoms with Gasteiger partial charge in [-0.2, -0.15) is 5.26 Å². The standard InChI is InChI=1S/C16H17N3O/c1-10-6-11(2)14(20-3)12(7-10)13-8-18-15(19-13)16(9-17)4-5-16/h6-8H,4-5H2,1-3H3,(H,18,19). The minimum Gasteiger partial charge on any atom is -0.496 e. The average molecular weight is 267 g/mol. The number of H-pyrrole nitrogens is 1. The van der Waals surface area contributed by atoms with E-state index < -0.39 is 0 Å². The lowest BCUT2D eigenvalue weighted by Crippen LogP contribution is -2.04. The average Bonchev–Trinajstić information content (AvgIpc) is 3.07. The van der Waals surface area contributed by atoms with Crippen LogP contribution in [0.5, 0.6) is 5.75 Å². The van der Waals surface area contributed by atoms with Crippen molar-refractivity contribution in [3.63, 3.8) is 0 Å². The van der Waals surface area contributed by atoms with Crippen LogP contribution < -0.4 is 4.74 Å². The molecule has 0 amide bonds. The Morgan fingerprint density at radius 3 is 2.70 bits per heavy atom. The second-order valence-corrected chi connectivity index (χ2v) is 5.50. The second kappa shape index (κ2) is 4.38. The maximum atomic E-state index is 9.24. The molecule has 1 N–H and O–H groups in total. The molecule has 1 fully saturated rings. The summed E-state index contributed by atoms with van der Waals surface area (Å²) >= 11 is 0. The Hall–Kier alpha value is -2.28. The van der Waals surface area contributed by atoms with Gasteiger partial charge in [0.1, 0.15) is 17.0 Å². The number of imidazole rings is 1. The second-order valence-electron chi connectivity index (χ2n) is 5.50. The summed E-state index contributed by atoms with van der Waals surface area (Å²) in [6.07, 6.45) is 3.57. The van der Waals surface area contributed by atoms with Gasteiger partial charge in [-0.25, -0.2) is 4.98 Å². The van der Waals surface area contributed by atoms with E-state index in [2.05, 4.69) is 35.1 Å². The van der Waals surface area contributed by atoms with Crippen molar-refractivity contribution >= 4 is 0 Å². The van der Waals surface area contributed by atoms with Gasteiger partial charge >= 0.3 is 0 Å². The number of hydrogen-bond acceptors (Lipinski definition) is 3. The summed E-state index contributed by atoms with van der Waals surface area (Å²) in [6.45, 7) is 4.09. The summed E-state index contributed by atoms with van der Waals surface area (Å²) in [5, 5.41) is 9.24. The number of nitrogens with zero attached hydrogens (tertiary/aromatic N) is 2. The number of aromatic nitrogens is 2. The molecule has 0 atom stereocenters. The van der Waals surface area contributed by atoms with Crippen molar-refractivity contribution in [2.75, 3.05) is 7.11 Å². The largest absolute Gasteiger partial charge is 0.496 e. The van der Waals surface area contributed by atoms with Gasteiger partial charge in [-0.15, -0.1) is 0 Å². The van der Waals surface area contributed by atoms with Gasteiger partial charge in [-0.05, 0) is 43.9 Å². The first-order chi connectivity index (χ1) is 9.59. The van der Waals surface area contributed by atoms with Crippen LogP contribution in [-0.4, -0.2) is 17.1 Å². The van der Waals surface area contributed by atoms with E-state index in [1.165, 1.54) is 5.56 Å². The molecule has 1 aromatic carbocycles. The van der Waals surface area contributed by atoms with E-state index in [4.69, 9.17) is 4.74 Å². The highest BCUT2D eigenvalue weighted by Gasteiger charge is 2.47. The van der Waals surface area contributed by atoms with Crippen molar-refractivity contribution in [2.45, 2.75) is 32.1 Å². The van der Waals surface area contributed by atoms with Crippen molar-refractivity contribution in [2.24, 2.45) is 0 Å². The minimum absolute atomic E-state index is 0.385. The number of rotatable bonds is 3. The molecule has 20 heavy (non-hydrogen) atoms. The Morgan fingerprint density at radius 1 is 1.35 bits per heavy atom. The molecule has 3 rings (SSSR count). The molecular formula is C16H17N3O. The highest BCUT2D eigenvalue weighted by Crippen LogP contribution is 2.46. The summed E-state index contributed by atoms with van der Waals surface area (Å²) in [5.74, 6) is 1.63. The molecule has 1 aromatic heterocycles. The van der Waals surface area contributed by atoms with Crippen LogP contribution in [0, 0.1) is 25.2 Å². The molecule has 1 aliphatic carbocycles. The predicted octanol–water partition coefficient (Wildman–Crippen LogP) is 3.26. The zero-order valence-electron chi connectivity index (χ0n) is 11.9. The molecule has 4 heteroatoms. The minimum atomic E-state index is -0.385. The molecule has 0 bridgehead atoms. The van der Waals surface area contributed by atoms with Crippen LogP contribution in [0.1, 0.15) is 29.8 Å². The van der Waals surface area contributed by atoms with E-state index in [1.54, 1.807) is 13.3 Å². The predicted molar refractivity (Wildman–Crippen MR) is 76.6 cm³/mol. The number of nitriles is 1. The topological polar surface area (TPSA) is 61.7 Å². The maximum absolute atomic E-state index is 9.24. The van der Waals surface area contributed by atoms with Crippen LogP contribution in [0.15, 0.2) is 18.3 Å². The first-order valence-corrected chi connectivity index (χ1v) is 6.72. The van der Waals surface area contributed by atoms with Gasteiger partial charge in [0.05, 0.1) is 25.1 Å². The van der Waals surface area contributed by atoms with Crippen LogP contribution in [-0.2, 0) is 5.41 Å². The van der Waals surface area contributed by atoms with Crippen LogP contribution in [0.2, 0.25) is 0 Å². The molecule has 0 unspecified atom stereocenters. The first-order valence-electron chi connectivity index (χ1n) is 6.72. The van der Waals surface area contributed by atoms with Crippen molar-refractivity contribution in [1.82, 2.24) is 9.97 Å². The van der Waals surface area contributed by atoms with Crippen molar-refractivity contribution in [3.05, 3.63) is 35.3 Å². The number of aryl methyl sites for hydroxylation is 2. The fourth-order valence-corrected chi connectivity index (χ4v) is 2.65. The number of methoxy groups -OCH3 is 1. The molecule has 2 aromatic rings. The number of hydrogen-bond donors (Lipinski definition) is 1. The lowest BCUT2D eigenvalue weighted by molar-refractivity contribution is 0.413. The third-order valence-corrected chi connectivity index (χ3v) is 3.91. The smallest absolute Gasteiger partial charge is 0.131 e. The Morgan fingerprint density at radius 2 is 2.10 bits per heavy atom. The van der Waals surface area contributed by atoms with E-state index in [1.807, 2.05) is 6.92 Å². The molecule has 0 radical (unpaired) electrons. The molecule has 102 valence electrons. The third-order valence-electron chi connectivity index (χ3n) is 3.91. The van der Waals surface area contributed by atoms with Crippen LogP contribution >= 0.6 is 0 Å².